The van der Waals surface area contributed by atoms with Crippen molar-refractivity contribution in [2.45, 2.75) is 12.5 Å². The third kappa shape index (κ3) is 0.896. The molecule has 2 rings (SSSR count). The van der Waals surface area contributed by atoms with E-state index in [0.29, 0.717) is 11.5 Å². The summed E-state index contributed by atoms with van der Waals surface area (Å²) in [5.74, 6) is 1.01. The van der Waals surface area contributed by atoms with Gasteiger partial charge in [-0.1, -0.05) is 6.08 Å². The lowest BCUT2D eigenvalue weighted by atomic mass is 10.1. The van der Waals surface area contributed by atoms with Gasteiger partial charge < -0.3 is 5.32 Å². The SMILES string of the molecule is O=C1CSC2=CCCNC12. The van der Waals surface area contributed by atoms with Gasteiger partial charge in [-0.05, 0) is 13.0 Å². The van der Waals surface area contributed by atoms with Gasteiger partial charge in [0.15, 0.2) is 5.78 Å². The zero-order chi connectivity index (χ0) is 6.97. The third-order valence-electron chi connectivity index (χ3n) is 1.83. The number of Topliss-reactive ketones (excluding diaryl/α,β-unsaturated/α-hetero) is 1. The van der Waals surface area contributed by atoms with Crippen LogP contribution in [0.1, 0.15) is 6.42 Å². The van der Waals surface area contributed by atoms with Crippen molar-refractivity contribution >= 4 is 17.5 Å². The second-order valence-corrected chi connectivity index (χ2v) is 3.59. The molecule has 54 valence electrons. The normalized spacial score (nSPS) is 31.8. The van der Waals surface area contributed by atoms with Gasteiger partial charge in [0.05, 0.1) is 11.8 Å². The molecule has 0 aromatic rings. The zero-order valence-corrected chi connectivity index (χ0v) is 6.41. The van der Waals surface area contributed by atoms with Crippen molar-refractivity contribution in [3.05, 3.63) is 11.0 Å². The van der Waals surface area contributed by atoms with Crippen LogP contribution in [-0.2, 0) is 4.79 Å². The maximum Gasteiger partial charge on any atom is 0.164 e. The molecule has 0 bridgehead atoms. The summed E-state index contributed by atoms with van der Waals surface area (Å²) in [7, 11) is 0. The third-order valence-corrected chi connectivity index (χ3v) is 2.99. The van der Waals surface area contributed by atoms with Gasteiger partial charge in [-0.25, -0.2) is 0 Å². The van der Waals surface area contributed by atoms with Crippen molar-refractivity contribution in [1.29, 1.82) is 0 Å². The van der Waals surface area contributed by atoms with Gasteiger partial charge in [-0.2, -0.15) is 0 Å². The molecule has 3 heteroatoms. The number of carbonyl (C=O) groups excluding carboxylic acids is 1. The average molecular weight is 155 g/mol. The van der Waals surface area contributed by atoms with Crippen molar-refractivity contribution in [2.24, 2.45) is 0 Å². The van der Waals surface area contributed by atoms with Crippen molar-refractivity contribution in [2.75, 3.05) is 12.3 Å². The highest BCUT2D eigenvalue weighted by Gasteiger charge is 2.30. The molecular weight excluding hydrogens is 146 g/mol. The molecule has 2 aliphatic rings. The molecule has 0 saturated carbocycles. The first-order valence-corrected chi connectivity index (χ1v) is 4.45. The molecule has 0 aromatic carbocycles. The summed E-state index contributed by atoms with van der Waals surface area (Å²) in [5.41, 5.74) is 0. The minimum Gasteiger partial charge on any atom is -0.303 e. The van der Waals surface area contributed by atoms with Crippen molar-refractivity contribution in [3.8, 4) is 0 Å². The Balaban J connectivity index is 2.25. The maximum atomic E-state index is 11.1. The first kappa shape index (κ1) is 6.43. The molecule has 10 heavy (non-hydrogen) atoms. The molecular formula is C7H9NOS. The predicted octanol–water partition coefficient (Wildman–Crippen LogP) is 0.548. The molecule has 2 heterocycles. The minimum atomic E-state index is 0.0683. The standard InChI is InChI=1S/C7H9NOS/c9-5-4-10-6-2-1-3-8-7(5)6/h2,7-8H,1,3-4H2. The highest BCUT2D eigenvalue weighted by atomic mass is 32.2. The summed E-state index contributed by atoms with van der Waals surface area (Å²) in [6.07, 6.45) is 3.25. The molecule has 1 unspecified atom stereocenters. The maximum absolute atomic E-state index is 11.1. The van der Waals surface area contributed by atoms with Crippen LogP contribution >= 0.6 is 11.8 Å². The number of carbonyl (C=O) groups is 1. The number of fused-ring (bicyclic) bond motifs is 1. The molecule has 1 saturated heterocycles. The smallest absolute Gasteiger partial charge is 0.164 e. The van der Waals surface area contributed by atoms with Gasteiger partial charge in [0.2, 0.25) is 0 Å². The van der Waals surface area contributed by atoms with E-state index in [2.05, 4.69) is 11.4 Å². The number of rotatable bonds is 0. The topological polar surface area (TPSA) is 29.1 Å². The Hall–Kier alpha value is -0.280. The molecule has 0 spiro atoms. The van der Waals surface area contributed by atoms with Crippen molar-refractivity contribution in [1.82, 2.24) is 5.32 Å². The molecule has 0 radical (unpaired) electrons. The van der Waals surface area contributed by atoms with E-state index in [1.807, 2.05) is 0 Å². The van der Waals surface area contributed by atoms with Crippen molar-refractivity contribution in [3.63, 3.8) is 0 Å². The van der Waals surface area contributed by atoms with Crippen LogP contribution in [0.3, 0.4) is 0 Å². The van der Waals surface area contributed by atoms with Gasteiger partial charge in [0, 0.05) is 4.91 Å². The Kier molecular flexibility index (Phi) is 1.54. The van der Waals surface area contributed by atoms with E-state index in [9.17, 15) is 4.79 Å². The number of thioether (sulfide) groups is 1. The molecule has 1 atom stereocenters. The van der Waals surface area contributed by atoms with Crippen LogP contribution in [0.25, 0.3) is 0 Å². The highest BCUT2D eigenvalue weighted by molar-refractivity contribution is 8.04. The fourth-order valence-corrected chi connectivity index (χ4v) is 2.41. The zero-order valence-electron chi connectivity index (χ0n) is 5.59. The summed E-state index contributed by atoms with van der Waals surface area (Å²) in [6, 6.07) is 0.0683. The van der Waals surface area contributed by atoms with Gasteiger partial charge in [-0.15, -0.1) is 11.8 Å². The first-order chi connectivity index (χ1) is 4.88. The molecule has 0 aliphatic carbocycles. The van der Waals surface area contributed by atoms with Crippen LogP contribution in [-0.4, -0.2) is 24.1 Å². The van der Waals surface area contributed by atoms with E-state index in [0.717, 1.165) is 13.0 Å². The lowest BCUT2D eigenvalue weighted by molar-refractivity contribution is -0.117. The van der Waals surface area contributed by atoms with Crippen LogP contribution in [0.15, 0.2) is 11.0 Å². The molecule has 2 aliphatic heterocycles. The summed E-state index contributed by atoms with van der Waals surface area (Å²) in [4.78, 5) is 12.3. The van der Waals surface area contributed by atoms with E-state index in [4.69, 9.17) is 0 Å². The fourth-order valence-electron chi connectivity index (χ4n) is 1.31. The first-order valence-electron chi connectivity index (χ1n) is 3.47. The number of hydrogen-bond donors (Lipinski definition) is 1. The molecule has 2 nitrogen and oxygen atoms in total. The highest BCUT2D eigenvalue weighted by Crippen LogP contribution is 2.30. The Bertz CT molecular complexity index is 200. The quantitative estimate of drug-likeness (QED) is 0.554. The lowest BCUT2D eigenvalue weighted by Crippen LogP contribution is -2.37. The van der Waals surface area contributed by atoms with Gasteiger partial charge in [0.1, 0.15) is 0 Å². The predicted molar refractivity (Wildman–Crippen MR) is 42.0 cm³/mol. The summed E-state index contributed by atoms with van der Waals surface area (Å²) >= 11 is 1.68. The summed E-state index contributed by atoms with van der Waals surface area (Å²) in [5, 5.41) is 3.19. The average Bonchev–Trinajstić information content (AvgIpc) is 2.34. The molecule has 0 amide bonds. The second kappa shape index (κ2) is 2.40. The Morgan fingerprint density at radius 3 is 3.40 bits per heavy atom. The minimum absolute atomic E-state index is 0.0683. The Morgan fingerprint density at radius 2 is 2.60 bits per heavy atom. The van der Waals surface area contributed by atoms with Crippen LogP contribution in [0.4, 0.5) is 0 Å². The lowest BCUT2D eigenvalue weighted by Gasteiger charge is -2.15. The van der Waals surface area contributed by atoms with Crippen LogP contribution in [0.2, 0.25) is 0 Å². The largest absolute Gasteiger partial charge is 0.303 e. The van der Waals surface area contributed by atoms with Gasteiger partial charge >= 0.3 is 0 Å². The molecule has 1 N–H and O–H groups in total. The second-order valence-electron chi connectivity index (χ2n) is 2.54. The van der Waals surface area contributed by atoms with E-state index >= 15 is 0 Å². The Labute approximate surface area is 64.1 Å². The number of nitrogens with one attached hydrogen (secondary N) is 1. The van der Waals surface area contributed by atoms with E-state index in [1.165, 1.54) is 4.91 Å². The van der Waals surface area contributed by atoms with Gasteiger partial charge in [-0.3, -0.25) is 4.79 Å². The monoisotopic (exact) mass is 155 g/mol. The fraction of sp³-hybridized carbons (Fsp3) is 0.571. The van der Waals surface area contributed by atoms with Gasteiger partial charge in [0.25, 0.3) is 0 Å². The number of ketones is 1. The van der Waals surface area contributed by atoms with E-state index in [1.54, 1.807) is 11.8 Å². The number of hydrogen-bond acceptors (Lipinski definition) is 3. The Morgan fingerprint density at radius 1 is 1.70 bits per heavy atom. The van der Waals surface area contributed by atoms with Crippen LogP contribution in [0, 0.1) is 0 Å². The summed E-state index contributed by atoms with van der Waals surface area (Å²) < 4.78 is 0. The van der Waals surface area contributed by atoms with E-state index < -0.39 is 0 Å². The summed E-state index contributed by atoms with van der Waals surface area (Å²) in [6.45, 7) is 0.959. The van der Waals surface area contributed by atoms with Crippen molar-refractivity contribution < 1.29 is 4.79 Å². The van der Waals surface area contributed by atoms with Crippen LogP contribution in [0.5, 0.6) is 0 Å². The molecule has 1 fully saturated rings. The van der Waals surface area contributed by atoms with E-state index in [-0.39, 0.29) is 6.04 Å². The van der Waals surface area contributed by atoms with Crippen LogP contribution < -0.4 is 5.32 Å². The molecule has 0 aromatic heterocycles.